The normalized spacial score (nSPS) is 11.4. The standard InChI is InChI=1S/C22H26N4O3S/c1-12(2)10-26-19-18(21(28)25(6)22(26)29)20(24-15(5)23-19)30-11-17(27)16-9-13(3)7-8-14(16)4/h7-9,12H,10-11H2,1-6H3. The van der Waals surface area contributed by atoms with Crippen LogP contribution in [0.3, 0.4) is 0 Å². The molecule has 3 rings (SSSR count). The molecule has 2 heterocycles. The van der Waals surface area contributed by atoms with Gasteiger partial charge in [-0.05, 0) is 38.3 Å². The molecule has 0 aliphatic heterocycles. The lowest BCUT2D eigenvalue weighted by molar-refractivity contribution is 0.102. The zero-order chi connectivity index (χ0) is 22.2. The molecule has 0 spiro atoms. The van der Waals surface area contributed by atoms with Crippen molar-refractivity contribution in [3.05, 3.63) is 61.6 Å². The van der Waals surface area contributed by atoms with Gasteiger partial charge in [-0.25, -0.2) is 14.8 Å². The number of ketones is 1. The molecule has 3 aromatic rings. The molecular formula is C22H26N4O3S. The van der Waals surface area contributed by atoms with Crippen LogP contribution in [-0.2, 0) is 13.6 Å². The van der Waals surface area contributed by atoms with Gasteiger partial charge in [0.1, 0.15) is 16.2 Å². The van der Waals surface area contributed by atoms with Crippen molar-refractivity contribution in [3.8, 4) is 0 Å². The number of Topliss-reactive ketones (excluding diaryl/α,β-unsaturated/α-hetero) is 1. The summed E-state index contributed by atoms with van der Waals surface area (Å²) in [5.41, 5.74) is 2.08. The summed E-state index contributed by atoms with van der Waals surface area (Å²) in [5.74, 6) is 0.760. The number of carbonyl (C=O) groups excluding carboxylic acids is 1. The number of aromatic nitrogens is 4. The van der Waals surface area contributed by atoms with Crippen LogP contribution >= 0.6 is 11.8 Å². The van der Waals surface area contributed by atoms with Crippen molar-refractivity contribution in [3.63, 3.8) is 0 Å². The lowest BCUT2D eigenvalue weighted by Crippen LogP contribution is -2.39. The molecule has 0 saturated heterocycles. The summed E-state index contributed by atoms with van der Waals surface area (Å²) in [7, 11) is 1.45. The lowest BCUT2D eigenvalue weighted by Gasteiger charge is -2.15. The van der Waals surface area contributed by atoms with Gasteiger partial charge in [-0.3, -0.25) is 18.7 Å². The zero-order valence-corrected chi connectivity index (χ0v) is 19.0. The highest BCUT2D eigenvalue weighted by molar-refractivity contribution is 8.00. The van der Waals surface area contributed by atoms with E-state index in [1.165, 1.54) is 23.4 Å². The van der Waals surface area contributed by atoms with Crippen molar-refractivity contribution in [1.29, 1.82) is 0 Å². The van der Waals surface area contributed by atoms with Gasteiger partial charge >= 0.3 is 5.69 Å². The monoisotopic (exact) mass is 426 g/mol. The van der Waals surface area contributed by atoms with Crippen LogP contribution in [0.15, 0.2) is 32.8 Å². The van der Waals surface area contributed by atoms with Crippen LogP contribution in [-0.4, -0.2) is 30.6 Å². The first-order chi connectivity index (χ1) is 14.1. The summed E-state index contributed by atoms with van der Waals surface area (Å²) in [6.07, 6.45) is 0. The van der Waals surface area contributed by atoms with E-state index in [0.717, 1.165) is 15.7 Å². The Morgan fingerprint density at radius 2 is 1.83 bits per heavy atom. The maximum atomic E-state index is 12.9. The maximum Gasteiger partial charge on any atom is 0.332 e. The molecule has 0 saturated carbocycles. The van der Waals surface area contributed by atoms with Gasteiger partial charge < -0.3 is 0 Å². The summed E-state index contributed by atoms with van der Waals surface area (Å²) < 4.78 is 2.60. The summed E-state index contributed by atoms with van der Waals surface area (Å²) in [6.45, 7) is 10.00. The van der Waals surface area contributed by atoms with E-state index < -0.39 is 11.2 Å². The first-order valence-corrected chi connectivity index (χ1v) is 10.8. The molecule has 0 aliphatic carbocycles. The second-order valence-corrected chi connectivity index (χ2v) is 8.92. The minimum atomic E-state index is -0.448. The number of thioether (sulfide) groups is 1. The van der Waals surface area contributed by atoms with Crippen molar-refractivity contribution in [2.24, 2.45) is 13.0 Å². The number of benzene rings is 1. The molecule has 0 bridgehead atoms. The highest BCUT2D eigenvalue weighted by Gasteiger charge is 2.20. The Morgan fingerprint density at radius 1 is 1.13 bits per heavy atom. The molecule has 0 atom stereocenters. The predicted molar refractivity (Wildman–Crippen MR) is 120 cm³/mol. The molecule has 1 aromatic carbocycles. The Balaban J connectivity index is 2.09. The fourth-order valence-electron chi connectivity index (χ4n) is 3.32. The van der Waals surface area contributed by atoms with E-state index >= 15 is 0 Å². The van der Waals surface area contributed by atoms with Crippen LogP contribution in [0.1, 0.15) is 41.2 Å². The van der Waals surface area contributed by atoms with Gasteiger partial charge in [0, 0.05) is 19.2 Å². The van der Waals surface area contributed by atoms with E-state index in [1.54, 1.807) is 6.92 Å². The van der Waals surface area contributed by atoms with Crippen LogP contribution in [0.5, 0.6) is 0 Å². The van der Waals surface area contributed by atoms with Crippen LogP contribution < -0.4 is 11.2 Å². The number of nitrogens with zero attached hydrogens (tertiary/aromatic N) is 4. The molecule has 0 fully saturated rings. The molecule has 0 unspecified atom stereocenters. The molecule has 158 valence electrons. The van der Waals surface area contributed by atoms with Gasteiger partial charge in [0.15, 0.2) is 11.4 Å². The highest BCUT2D eigenvalue weighted by atomic mass is 32.2. The molecule has 2 aromatic heterocycles. The number of fused-ring (bicyclic) bond motifs is 1. The Labute approximate surface area is 179 Å². The fourth-order valence-corrected chi connectivity index (χ4v) is 4.27. The molecule has 0 radical (unpaired) electrons. The molecule has 30 heavy (non-hydrogen) atoms. The van der Waals surface area contributed by atoms with E-state index in [9.17, 15) is 14.4 Å². The molecule has 0 N–H and O–H groups in total. The van der Waals surface area contributed by atoms with Gasteiger partial charge in [-0.1, -0.05) is 43.3 Å². The van der Waals surface area contributed by atoms with Gasteiger partial charge in [-0.15, -0.1) is 0 Å². The lowest BCUT2D eigenvalue weighted by atomic mass is 10.0. The van der Waals surface area contributed by atoms with E-state index in [-0.39, 0.29) is 22.8 Å². The number of hydrogen-bond acceptors (Lipinski definition) is 6. The van der Waals surface area contributed by atoms with Crippen molar-refractivity contribution >= 4 is 28.6 Å². The summed E-state index contributed by atoms with van der Waals surface area (Å²) in [6, 6.07) is 5.77. The number of hydrogen-bond donors (Lipinski definition) is 0. The Kier molecular flexibility index (Phi) is 6.26. The maximum absolute atomic E-state index is 12.9. The number of rotatable bonds is 6. The van der Waals surface area contributed by atoms with Crippen LogP contribution in [0, 0.1) is 26.7 Å². The minimum absolute atomic E-state index is 0.0297. The number of aryl methyl sites for hydroxylation is 3. The van der Waals surface area contributed by atoms with E-state index in [1.807, 2.05) is 45.9 Å². The predicted octanol–water partition coefficient (Wildman–Crippen LogP) is 3.05. The van der Waals surface area contributed by atoms with Crippen molar-refractivity contribution in [2.75, 3.05) is 5.75 Å². The first-order valence-electron chi connectivity index (χ1n) is 9.81. The Bertz CT molecular complexity index is 1260. The third-order valence-corrected chi connectivity index (χ3v) is 5.82. The van der Waals surface area contributed by atoms with Gasteiger partial charge in [0.2, 0.25) is 0 Å². The largest absolute Gasteiger partial charge is 0.332 e. The Hall–Kier alpha value is -2.74. The van der Waals surface area contributed by atoms with Crippen molar-refractivity contribution in [2.45, 2.75) is 46.2 Å². The zero-order valence-electron chi connectivity index (χ0n) is 18.1. The van der Waals surface area contributed by atoms with Crippen molar-refractivity contribution in [1.82, 2.24) is 19.1 Å². The molecule has 0 aliphatic rings. The van der Waals surface area contributed by atoms with Gasteiger partial charge in [0.05, 0.1) is 5.75 Å². The van der Waals surface area contributed by atoms with E-state index in [0.29, 0.717) is 28.6 Å². The third kappa shape index (κ3) is 4.23. The second-order valence-electron chi connectivity index (χ2n) is 7.96. The summed E-state index contributed by atoms with van der Waals surface area (Å²) >= 11 is 1.21. The van der Waals surface area contributed by atoms with Crippen LogP contribution in [0.25, 0.3) is 11.0 Å². The van der Waals surface area contributed by atoms with Gasteiger partial charge in [0.25, 0.3) is 5.56 Å². The smallest absolute Gasteiger partial charge is 0.293 e. The third-order valence-electron chi connectivity index (χ3n) is 4.84. The average molecular weight is 427 g/mol. The molecule has 7 nitrogen and oxygen atoms in total. The topological polar surface area (TPSA) is 86.8 Å². The first kappa shape index (κ1) is 22.0. The minimum Gasteiger partial charge on any atom is -0.293 e. The summed E-state index contributed by atoms with van der Waals surface area (Å²) in [5, 5.41) is 0.705. The average Bonchev–Trinajstić information content (AvgIpc) is 2.68. The quantitative estimate of drug-likeness (QED) is 0.342. The summed E-state index contributed by atoms with van der Waals surface area (Å²) in [4.78, 5) is 47.3. The Morgan fingerprint density at radius 3 is 2.50 bits per heavy atom. The van der Waals surface area contributed by atoms with Crippen molar-refractivity contribution < 1.29 is 4.79 Å². The van der Waals surface area contributed by atoms with Crippen LogP contribution in [0.4, 0.5) is 0 Å². The number of carbonyl (C=O) groups is 1. The molecule has 0 amide bonds. The van der Waals surface area contributed by atoms with E-state index in [4.69, 9.17) is 0 Å². The van der Waals surface area contributed by atoms with Crippen LogP contribution in [0.2, 0.25) is 0 Å². The fraction of sp³-hybridized carbons (Fsp3) is 0.409. The van der Waals surface area contributed by atoms with Gasteiger partial charge in [-0.2, -0.15) is 0 Å². The second kappa shape index (κ2) is 8.55. The highest BCUT2D eigenvalue weighted by Crippen LogP contribution is 2.24. The van der Waals surface area contributed by atoms with E-state index in [2.05, 4.69) is 9.97 Å². The SMILES string of the molecule is Cc1ccc(C)c(C(=O)CSc2nc(C)nc3c2c(=O)n(C)c(=O)n3CC(C)C)c1. The molecule has 8 heteroatoms. The molecular weight excluding hydrogens is 400 g/mol.